The zero-order chi connectivity index (χ0) is 38.2. The first-order chi connectivity index (χ1) is 27.6. The Kier molecular flexibility index (Phi) is 10.5. The van der Waals surface area contributed by atoms with Gasteiger partial charge in [-0.1, -0.05) is 183 Å². The highest BCUT2D eigenvalue weighted by Crippen LogP contribution is 2.30. The summed E-state index contributed by atoms with van der Waals surface area (Å²) in [6.07, 6.45) is 3.65. The summed E-state index contributed by atoms with van der Waals surface area (Å²) in [5, 5.41) is 5.93. The van der Waals surface area contributed by atoms with Crippen molar-refractivity contribution in [2.45, 2.75) is 0 Å². The van der Waals surface area contributed by atoms with E-state index in [2.05, 4.69) is 86.0 Å². The van der Waals surface area contributed by atoms with Crippen molar-refractivity contribution >= 4 is 60.8 Å². The van der Waals surface area contributed by atoms with Crippen molar-refractivity contribution < 1.29 is 17.7 Å². The summed E-state index contributed by atoms with van der Waals surface area (Å²) < 4.78 is 28.7. The third-order valence-corrected chi connectivity index (χ3v) is 16.1. The smallest absolute Gasteiger partial charge is 0.506 e. The van der Waals surface area contributed by atoms with Gasteiger partial charge in [0.15, 0.2) is 0 Å². The van der Waals surface area contributed by atoms with Crippen LogP contribution in [-0.2, 0) is 0 Å². The fraction of sp³-hybridized carbons (Fsp3) is 0. The van der Waals surface area contributed by atoms with Crippen molar-refractivity contribution in [3.05, 3.63) is 231 Å². The van der Waals surface area contributed by atoms with Gasteiger partial charge in [0.1, 0.15) is 23.0 Å². The molecule has 0 amide bonds. The number of benzene rings is 8. The van der Waals surface area contributed by atoms with Crippen molar-refractivity contribution in [2.75, 3.05) is 0 Å². The predicted molar refractivity (Wildman–Crippen MR) is 235 cm³/mol. The van der Waals surface area contributed by atoms with E-state index in [1.165, 1.54) is 0 Å². The van der Waals surface area contributed by atoms with E-state index in [0.717, 1.165) is 42.6 Å². The highest BCUT2D eigenvalue weighted by atomic mass is 28.4. The average molecular weight is 761 g/mol. The van der Waals surface area contributed by atoms with Crippen LogP contribution in [0.15, 0.2) is 219 Å². The molecule has 6 heteroatoms. The van der Waals surface area contributed by atoms with Crippen LogP contribution < -0.4 is 38.5 Å². The summed E-state index contributed by atoms with van der Waals surface area (Å²) >= 11 is 0. The van der Waals surface area contributed by atoms with Gasteiger partial charge in [-0.2, -0.15) is 0 Å². The summed E-state index contributed by atoms with van der Waals surface area (Å²) in [5.41, 5.74) is 2.03. The summed E-state index contributed by atoms with van der Waals surface area (Å²) in [6.45, 7) is 7.84. The maximum absolute atomic E-state index is 7.25. The normalized spacial score (nSPS) is 11.4. The molecule has 0 atom stereocenters. The molecule has 0 saturated heterocycles. The standard InChI is InChI=1S/C50H40O4Si2/c1-3-39-25-31-43(32-26-39)51-55(47-17-9-5-10-18-47,48-19-11-6-12-20-48)53-45-35-29-41-30-36-46(38-42(41)37-45)54-56(49-21-13-7-14-22-49,50-23-15-8-16-24-50)52-44-33-27-40(4-2)28-34-44/h3-38H,1-2H2. The molecule has 0 radical (unpaired) electrons. The van der Waals surface area contributed by atoms with Crippen LogP contribution >= 0.6 is 0 Å². The van der Waals surface area contributed by atoms with Gasteiger partial charge >= 0.3 is 17.1 Å². The topological polar surface area (TPSA) is 36.9 Å². The molecule has 8 rings (SSSR count). The molecule has 272 valence electrons. The second-order valence-electron chi connectivity index (χ2n) is 13.3. The van der Waals surface area contributed by atoms with Crippen molar-refractivity contribution in [3.8, 4) is 23.0 Å². The van der Waals surface area contributed by atoms with E-state index in [-0.39, 0.29) is 0 Å². The molecule has 8 aromatic carbocycles. The van der Waals surface area contributed by atoms with Crippen LogP contribution in [0.25, 0.3) is 22.9 Å². The molecule has 0 N–H and O–H groups in total. The molecule has 0 spiro atoms. The molecule has 0 saturated carbocycles. The lowest BCUT2D eigenvalue weighted by atomic mass is 10.1. The van der Waals surface area contributed by atoms with E-state index in [4.69, 9.17) is 17.7 Å². The number of rotatable bonds is 14. The molecular weight excluding hydrogens is 721 g/mol. The van der Waals surface area contributed by atoms with Gasteiger partial charge in [0.25, 0.3) is 0 Å². The van der Waals surface area contributed by atoms with Crippen LogP contribution in [0.1, 0.15) is 11.1 Å². The Morgan fingerprint density at radius 1 is 0.304 bits per heavy atom. The predicted octanol–water partition coefficient (Wildman–Crippen LogP) is 9.55. The lowest BCUT2D eigenvalue weighted by Crippen LogP contribution is -2.68. The van der Waals surface area contributed by atoms with Crippen molar-refractivity contribution in [1.82, 2.24) is 0 Å². The van der Waals surface area contributed by atoms with E-state index in [1.54, 1.807) is 0 Å². The number of fused-ring (bicyclic) bond motifs is 1. The molecule has 0 fully saturated rings. The molecule has 0 aliphatic carbocycles. The summed E-state index contributed by atoms with van der Waals surface area (Å²) in [7, 11) is -6.82. The molecule has 0 aliphatic rings. The van der Waals surface area contributed by atoms with Gasteiger partial charge in [0.2, 0.25) is 0 Å². The minimum absolute atomic E-state index is 0.685. The lowest BCUT2D eigenvalue weighted by molar-refractivity contribution is 0.417. The van der Waals surface area contributed by atoms with Crippen LogP contribution in [0.3, 0.4) is 0 Å². The van der Waals surface area contributed by atoms with E-state index in [9.17, 15) is 0 Å². The number of hydrogen-bond acceptors (Lipinski definition) is 4. The Bertz CT molecular complexity index is 2290. The van der Waals surface area contributed by atoms with Gasteiger partial charge < -0.3 is 17.7 Å². The molecular formula is C50H40O4Si2. The Morgan fingerprint density at radius 3 is 0.893 bits per heavy atom. The lowest BCUT2D eigenvalue weighted by Gasteiger charge is -2.33. The van der Waals surface area contributed by atoms with Crippen molar-refractivity contribution in [2.24, 2.45) is 0 Å². The molecule has 4 nitrogen and oxygen atoms in total. The summed E-state index contributed by atoms with van der Waals surface area (Å²) in [6, 6.07) is 69.3. The van der Waals surface area contributed by atoms with Crippen LogP contribution in [0.4, 0.5) is 0 Å². The average Bonchev–Trinajstić information content (AvgIpc) is 3.27. The molecule has 0 unspecified atom stereocenters. The Morgan fingerprint density at radius 2 is 0.589 bits per heavy atom. The number of hydrogen-bond donors (Lipinski definition) is 0. The van der Waals surface area contributed by atoms with Gasteiger partial charge in [-0.15, -0.1) is 0 Å². The van der Waals surface area contributed by atoms with Gasteiger partial charge in [0.05, 0.1) is 0 Å². The zero-order valence-corrected chi connectivity index (χ0v) is 32.8. The molecule has 0 aliphatic heterocycles. The van der Waals surface area contributed by atoms with Gasteiger partial charge in [0, 0.05) is 20.7 Å². The third-order valence-electron chi connectivity index (χ3n) is 9.68. The minimum atomic E-state index is -3.41. The first kappa shape index (κ1) is 36.1. The molecule has 0 aromatic heterocycles. The van der Waals surface area contributed by atoms with E-state index >= 15 is 0 Å². The van der Waals surface area contributed by atoms with Crippen LogP contribution in [0, 0.1) is 0 Å². The largest absolute Gasteiger partial charge is 0.531 e. The first-order valence-electron chi connectivity index (χ1n) is 18.5. The molecule has 0 bridgehead atoms. The molecule has 56 heavy (non-hydrogen) atoms. The highest BCUT2D eigenvalue weighted by Gasteiger charge is 2.49. The Labute approximate surface area is 330 Å². The van der Waals surface area contributed by atoms with Crippen molar-refractivity contribution in [3.63, 3.8) is 0 Å². The quantitative estimate of drug-likeness (QED) is 0.104. The summed E-state index contributed by atoms with van der Waals surface area (Å²) in [5.74, 6) is 2.80. The second-order valence-corrected chi connectivity index (χ2v) is 18.9. The zero-order valence-electron chi connectivity index (χ0n) is 30.8. The molecule has 0 heterocycles. The van der Waals surface area contributed by atoms with Crippen LogP contribution in [0.5, 0.6) is 23.0 Å². The second kappa shape index (κ2) is 16.2. The van der Waals surface area contributed by atoms with Crippen LogP contribution in [-0.4, -0.2) is 17.1 Å². The van der Waals surface area contributed by atoms with Gasteiger partial charge in [-0.25, -0.2) is 0 Å². The SMILES string of the molecule is C=Cc1ccc(O[Si](Oc2ccc3ccc(O[Si](Oc4ccc(C=C)cc4)(c4ccccc4)c4ccccc4)cc3c2)(c2ccccc2)c2ccccc2)cc1. The van der Waals surface area contributed by atoms with Crippen molar-refractivity contribution in [1.29, 1.82) is 0 Å². The Balaban J connectivity index is 1.23. The Hall–Kier alpha value is -6.87. The minimum Gasteiger partial charge on any atom is -0.506 e. The fourth-order valence-electron chi connectivity index (χ4n) is 6.81. The van der Waals surface area contributed by atoms with Gasteiger partial charge in [-0.05, 0) is 70.4 Å². The van der Waals surface area contributed by atoms with Gasteiger partial charge in [-0.3, -0.25) is 0 Å². The monoisotopic (exact) mass is 760 g/mol. The van der Waals surface area contributed by atoms with E-state index in [1.807, 2.05) is 146 Å². The van der Waals surface area contributed by atoms with E-state index in [0.29, 0.717) is 23.0 Å². The molecule has 8 aromatic rings. The fourth-order valence-corrected chi connectivity index (χ4v) is 12.9. The maximum Gasteiger partial charge on any atom is 0.531 e. The highest BCUT2D eigenvalue weighted by molar-refractivity contribution is 6.94. The third kappa shape index (κ3) is 7.57. The maximum atomic E-state index is 7.25. The van der Waals surface area contributed by atoms with E-state index < -0.39 is 17.1 Å². The first-order valence-corrected chi connectivity index (χ1v) is 22.2. The van der Waals surface area contributed by atoms with Crippen LogP contribution in [0.2, 0.25) is 0 Å². The summed E-state index contributed by atoms with van der Waals surface area (Å²) in [4.78, 5) is 0.